The first-order valence-corrected chi connectivity index (χ1v) is 7.37. The van der Waals surface area contributed by atoms with Crippen LogP contribution in [-0.4, -0.2) is 47.6 Å². The summed E-state index contributed by atoms with van der Waals surface area (Å²) >= 11 is 0. The maximum Gasteiger partial charge on any atom is 0.323 e. The van der Waals surface area contributed by atoms with Gasteiger partial charge in [-0.3, -0.25) is 9.59 Å². The summed E-state index contributed by atoms with van der Waals surface area (Å²) in [5, 5.41) is 8.99. The number of carboxylic acids is 1. The van der Waals surface area contributed by atoms with Gasteiger partial charge in [0.25, 0.3) is 0 Å². The molecule has 1 aliphatic heterocycles. The van der Waals surface area contributed by atoms with Crippen molar-refractivity contribution in [3.05, 3.63) is 29.8 Å². The van der Waals surface area contributed by atoms with Crippen LogP contribution in [0.15, 0.2) is 24.3 Å². The van der Waals surface area contributed by atoms with Crippen molar-refractivity contribution < 1.29 is 14.7 Å². The molecule has 1 aliphatic rings. The van der Waals surface area contributed by atoms with Crippen molar-refractivity contribution in [3.8, 4) is 0 Å². The average molecular weight is 290 g/mol. The number of amides is 1. The minimum Gasteiger partial charge on any atom is -0.480 e. The predicted octanol–water partition coefficient (Wildman–Crippen LogP) is 1.76. The molecule has 1 aromatic rings. The lowest BCUT2D eigenvalue weighted by Crippen LogP contribution is -2.46. The van der Waals surface area contributed by atoms with E-state index >= 15 is 0 Å². The summed E-state index contributed by atoms with van der Waals surface area (Å²) in [5.74, 6) is -1.09. The van der Waals surface area contributed by atoms with Crippen LogP contribution in [0.25, 0.3) is 0 Å². The average Bonchev–Trinajstić information content (AvgIpc) is 2.87. The number of hydrogen-bond acceptors (Lipinski definition) is 3. The van der Waals surface area contributed by atoms with Crippen LogP contribution in [0.3, 0.4) is 0 Å². The fraction of sp³-hybridized carbons (Fsp3) is 0.500. The van der Waals surface area contributed by atoms with Crippen LogP contribution in [0, 0.1) is 0 Å². The molecule has 1 heterocycles. The van der Waals surface area contributed by atoms with Gasteiger partial charge in [0, 0.05) is 18.3 Å². The van der Waals surface area contributed by atoms with Gasteiger partial charge in [-0.1, -0.05) is 25.1 Å². The van der Waals surface area contributed by atoms with Crippen molar-refractivity contribution in [1.29, 1.82) is 0 Å². The number of hydrogen-bond donors (Lipinski definition) is 1. The third-order valence-electron chi connectivity index (χ3n) is 4.06. The van der Waals surface area contributed by atoms with Crippen molar-refractivity contribution >= 4 is 17.6 Å². The predicted molar refractivity (Wildman–Crippen MR) is 81.5 cm³/mol. The number of nitrogens with zero attached hydrogens (tertiary/aromatic N) is 2. The molecule has 114 valence electrons. The first-order valence-electron chi connectivity index (χ1n) is 7.37. The summed E-state index contributed by atoms with van der Waals surface area (Å²) in [6.45, 7) is 4.67. The van der Waals surface area contributed by atoms with Crippen molar-refractivity contribution in [2.24, 2.45) is 0 Å². The van der Waals surface area contributed by atoms with Crippen LogP contribution in [0.2, 0.25) is 0 Å². The Labute approximate surface area is 125 Å². The van der Waals surface area contributed by atoms with E-state index in [1.165, 1.54) is 10.5 Å². The Hall–Kier alpha value is -2.04. The lowest BCUT2D eigenvalue weighted by atomic mass is 10.2. The molecule has 0 saturated carbocycles. The highest BCUT2D eigenvalue weighted by Gasteiger charge is 2.26. The molecule has 0 saturated heterocycles. The number of anilines is 1. The molecule has 21 heavy (non-hydrogen) atoms. The fourth-order valence-electron chi connectivity index (χ4n) is 2.68. The molecule has 0 bridgehead atoms. The minimum atomic E-state index is -0.967. The number of carboxylic acid groups (broad SMARTS) is 1. The quantitative estimate of drug-likeness (QED) is 0.867. The minimum absolute atomic E-state index is 0.0635. The van der Waals surface area contributed by atoms with Crippen LogP contribution < -0.4 is 4.90 Å². The van der Waals surface area contributed by atoms with Gasteiger partial charge in [-0.05, 0) is 31.4 Å². The van der Waals surface area contributed by atoms with E-state index in [4.69, 9.17) is 5.11 Å². The smallest absolute Gasteiger partial charge is 0.323 e. The molecular weight excluding hydrogens is 268 g/mol. The zero-order chi connectivity index (χ0) is 15.4. The molecule has 1 amide bonds. The van der Waals surface area contributed by atoms with Crippen molar-refractivity contribution in [1.82, 2.24) is 4.90 Å². The fourth-order valence-corrected chi connectivity index (χ4v) is 2.68. The highest BCUT2D eigenvalue weighted by Crippen LogP contribution is 2.27. The van der Waals surface area contributed by atoms with Gasteiger partial charge in [-0.2, -0.15) is 0 Å². The summed E-state index contributed by atoms with van der Waals surface area (Å²) in [5.41, 5.74) is 2.34. The van der Waals surface area contributed by atoms with Crippen molar-refractivity contribution in [2.75, 3.05) is 24.5 Å². The standard InChI is InChI=1S/C16H22N2O3/c1-3-12(2)18(11-16(20)21)15(19)10-17-9-8-13-6-4-5-7-14(13)17/h4-7,12H,3,8-11H2,1-2H3,(H,20,21). The molecule has 1 N–H and O–H groups in total. The Morgan fingerprint density at radius 1 is 1.38 bits per heavy atom. The first kappa shape index (κ1) is 15.4. The van der Waals surface area contributed by atoms with E-state index in [9.17, 15) is 9.59 Å². The molecule has 1 atom stereocenters. The Morgan fingerprint density at radius 3 is 2.76 bits per heavy atom. The second-order valence-electron chi connectivity index (χ2n) is 5.47. The van der Waals surface area contributed by atoms with E-state index in [-0.39, 0.29) is 25.0 Å². The Bertz CT molecular complexity index is 530. The van der Waals surface area contributed by atoms with Gasteiger partial charge < -0.3 is 14.9 Å². The zero-order valence-corrected chi connectivity index (χ0v) is 12.6. The SMILES string of the molecule is CCC(C)N(CC(=O)O)C(=O)CN1CCc2ccccc21. The van der Waals surface area contributed by atoms with Crippen LogP contribution in [-0.2, 0) is 16.0 Å². The van der Waals surface area contributed by atoms with Gasteiger partial charge in [0.15, 0.2) is 0 Å². The molecule has 0 aliphatic carbocycles. The van der Waals surface area contributed by atoms with Gasteiger partial charge >= 0.3 is 5.97 Å². The van der Waals surface area contributed by atoms with E-state index in [1.54, 1.807) is 0 Å². The molecule has 5 heteroatoms. The van der Waals surface area contributed by atoms with Gasteiger partial charge in [0.1, 0.15) is 6.54 Å². The summed E-state index contributed by atoms with van der Waals surface area (Å²) in [4.78, 5) is 26.9. The van der Waals surface area contributed by atoms with E-state index in [0.29, 0.717) is 0 Å². The Kier molecular flexibility index (Phi) is 4.83. The van der Waals surface area contributed by atoms with Crippen LogP contribution in [0.5, 0.6) is 0 Å². The van der Waals surface area contributed by atoms with E-state index in [2.05, 4.69) is 6.07 Å². The number of carbonyl (C=O) groups excluding carboxylic acids is 1. The van der Waals surface area contributed by atoms with Crippen LogP contribution >= 0.6 is 0 Å². The zero-order valence-electron chi connectivity index (χ0n) is 12.6. The summed E-state index contributed by atoms with van der Waals surface area (Å²) < 4.78 is 0. The summed E-state index contributed by atoms with van der Waals surface area (Å²) in [6, 6.07) is 7.99. The monoisotopic (exact) mass is 290 g/mol. The number of rotatable bonds is 6. The van der Waals surface area contributed by atoms with Crippen molar-refractivity contribution in [2.45, 2.75) is 32.7 Å². The number of aliphatic carboxylic acids is 1. The third-order valence-corrected chi connectivity index (χ3v) is 4.06. The molecule has 1 unspecified atom stereocenters. The normalized spacial score (nSPS) is 14.7. The molecule has 0 fully saturated rings. The largest absolute Gasteiger partial charge is 0.480 e. The molecule has 1 aromatic carbocycles. The maximum absolute atomic E-state index is 12.5. The van der Waals surface area contributed by atoms with E-state index in [1.807, 2.05) is 36.9 Å². The Balaban J connectivity index is 2.07. The molecule has 2 rings (SSSR count). The highest BCUT2D eigenvalue weighted by molar-refractivity contribution is 5.85. The lowest BCUT2D eigenvalue weighted by molar-refractivity contribution is -0.145. The first-order chi connectivity index (χ1) is 10.0. The number of fused-ring (bicyclic) bond motifs is 1. The van der Waals surface area contributed by atoms with Gasteiger partial charge in [0.2, 0.25) is 5.91 Å². The number of benzene rings is 1. The molecular formula is C16H22N2O3. The molecule has 0 aromatic heterocycles. The lowest BCUT2D eigenvalue weighted by Gasteiger charge is -2.29. The second kappa shape index (κ2) is 6.61. The second-order valence-corrected chi connectivity index (χ2v) is 5.47. The van der Waals surface area contributed by atoms with Crippen molar-refractivity contribution in [3.63, 3.8) is 0 Å². The molecule has 0 radical (unpaired) electrons. The third kappa shape index (κ3) is 3.54. The number of para-hydroxylation sites is 1. The van der Waals surface area contributed by atoms with E-state index < -0.39 is 5.97 Å². The molecule has 0 spiro atoms. The van der Waals surface area contributed by atoms with Crippen LogP contribution in [0.4, 0.5) is 5.69 Å². The van der Waals surface area contributed by atoms with Gasteiger partial charge in [0.05, 0.1) is 6.54 Å². The topological polar surface area (TPSA) is 60.9 Å². The van der Waals surface area contributed by atoms with Gasteiger partial charge in [-0.25, -0.2) is 0 Å². The highest BCUT2D eigenvalue weighted by atomic mass is 16.4. The van der Waals surface area contributed by atoms with E-state index in [0.717, 1.165) is 25.1 Å². The van der Waals surface area contributed by atoms with Gasteiger partial charge in [-0.15, -0.1) is 0 Å². The van der Waals surface area contributed by atoms with Crippen LogP contribution in [0.1, 0.15) is 25.8 Å². The molecule has 5 nitrogen and oxygen atoms in total. The number of carbonyl (C=O) groups is 2. The Morgan fingerprint density at radius 2 is 2.10 bits per heavy atom. The maximum atomic E-state index is 12.5. The summed E-state index contributed by atoms with van der Waals surface area (Å²) in [7, 11) is 0. The summed E-state index contributed by atoms with van der Waals surface area (Å²) in [6.07, 6.45) is 1.68.